The van der Waals surface area contributed by atoms with E-state index < -0.39 is 10.0 Å². The molecular weight excluding hydrogens is 248 g/mol. The average molecular weight is 270 g/mol. The van der Waals surface area contributed by atoms with E-state index in [1.54, 1.807) is 31.3 Å². The molecule has 0 amide bonds. The molecule has 0 bridgehead atoms. The number of nitrogens with one attached hydrogen (secondary N) is 2. The SMILES string of the molecule is CNc1ccc(S(=O)(=O)NCCC(C)(C)C)cc1. The lowest BCUT2D eigenvalue weighted by Gasteiger charge is -2.18. The third-order valence-corrected chi connectivity index (χ3v) is 4.10. The van der Waals surface area contributed by atoms with Crippen LogP contribution in [0.5, 0.6) is 0 Å². The molecule has 1 aromatic rings. The molecule has 1 rings (SSSR count). The summed E-state index contributed by atoms with van der Waals surface area (Å²) in [7, 11) is -1.59. The second-order valence-electron chi connectivity index (χ2n) is 5.48. The standard InChI is InChI=1S/C13H22N2O2S/c1-13(2,3)9-10-15-18(16,17)12-7-5-11(14-4)6-8-12/h5-8,14-15H,9-10H2,1-4H3. The van der Waals surface area contributed by atoms with Crippen molar-refractivity contribution < 1.29 is 8.42 Å². The highest BCUT2D eigenvalue weighted by molar-refractivity contribution is 7.89. The zero-order valence-electron chi connectivity index (χ0n) is 11.4. The smallest absolute Gasteiger partial charge is 0.240 e. The van der Waals surface area contributed by atoms with E-state index in [4.69, 9.17) is 0 Å². The number of rotatable bonds is 5. The van der Waals surface area contributed by atoms with Crippen LogP contribution < -0.4 is 10.0 Å². The predicted molar refractivity (Wildman–Crippen MR) is 75.2 cm³/mol. The molecule has 18 heavy (non-hydrogen) atoms. The first-order chi connectivity index (χ1) is 8.24. The van der Waals surface area contributed by atoms with E-state index in [2.05, 4.69) is 30.8 Å². The first kappa shape index (κ1) is 15.0. The molecule has 0 aliphatic rings. The Morgan fingerprint density at radius 3 is 2.11 bits per heavy atom. The average Bonchev–Trinajstić information content (AvgIpc) is 2.27. The molecule has 0 atom stereocenters. The molecular formula is C13H22N2O2S. The monoisotopic (exact) mass is 270 g/mol. The Labute approximate surface area is 110 Å². The molecule has 102 valence electrons. The minimum absolute atomic E-state index is 0.124. The van der Waals surface area contributed by atoms with Gasteiger partial charge in [-0.3, -0.25) is 0 Å². The van der Waals surface area contributed by atoms with Crippen LogP contribution in [-0.4, -0.2) is 22.0 Å². The zero-order chi connectivity index (χ0) is 13.8. The van der Waals surface area contributed by atoms with Crippen LogP contribution in [0.1, 0.15) is 27.2 Å². The van der Waals surface area contributed by atoms with Gasteiger partial charge in [0.15, 0.2) is 0 Å². The van der Waals surface area contributed by atoms with E-state index >= 15 is 0 Å². The lowest BCUT2D eigenvalue weighted by atomic mass is 9.93. The number of anilines is 1. The number of sulfonamides is 1. The summed E-state index contributed by atoms with van der Waals surface area (Å²) >= 11 is 0. The molecule has 0 saturated carbocycles. The van der Waals surface area contributed by atoms with Gasteiger partial charge >= 0.3 is 0 Å². The highest BCUT2D eigenvalue weighted by Crippen LogP contribution is 2.18. The molecule has 0 fully saturated rings. The first-order valence-electron chi connectivity index (χ1n) is 6.02. The maximum Gasteiger partial charge on any atom is 0.240 e. The Bertz CT molecular complexity index is 473. The van der Waals surface area contributed by atoms with E-state index in [0.29, 0.717) is 11.4 Å². The van der Waals surface area contributed by atoms with Gasteiger partial charge in [-0.15, -0.1) is 0 Å². The number of benzene rings is 1. The van der Waals surface area contributed by atoms with Gasteiger partial charge in [0.25, 0.3) is 0 Å². The van der Waals surface area contributed by atoms with Gasteiger partial charge in [-0.05, 0) is 36.1 Å². The maximum atomic E-state index is 12.0. The van der Waals surface area contributed by atoms with Crippen LogP contribution in [0.15, 0.2) is 29.2 Å². The van der Waals surface area contributed by atoms with E-state index in [1.807, 2.05) is 0 Å². The Balaban J connectivity index is 2.68. The lowest BCUT2D eigenvalue weighted by Crippen LogP contribution is -2.27. The molecule has 0 radical (unpaired) electrons. The fourth-order valence-electron chi connectivity index (χ4n) is 1.44. The van der Waals surface area contributed by atoms with Crippen LogP contribution >= 0.6 is 0 Å². The molecule has 1 aromatic carbocycles. The lowest BCUT2D eigenvalue weighted by molar-refractivity contribution is 0.378. The fourth-order valence-corrected chi connectivity index (χ4v) is 2.48. The van der Waals surface area contributed by atoms with Crippen LogP contribution in [0, 0.1) is 5.41 Å². The van der Waals surface area contributed by atoms with Crippen molar-refractivity contribution in [3.63, 3.8) is 0 Å². The van der Waals surface area contributed by atoms with Crippen LogP contribution in [0.3, 0.4) is 0 Å². The highest BCUT2D eigenvalue weighted by atomic mass is 32.2. The molecule has 4 nitrogen and oxygen atoms in total. The maximum absolute atomic E-state index is 12.0. The normalized spacial score (nSPS) is 12.4. The quantitative estimate of drug-likeness (QED) is 0.864. The van der Waals surface area contributed by atoms with Crippen molar-refractivity contribution in [3.05, 3.63) is 24.3 Å². The summed E-state index contributed by atoms with van der Waals surface area (Å²) in [5.74, 6) is 0. The second-order valence-corrected chi connectivity index (χ2v) is 7.25. The molecule has 0 heterocycles. The zero-order valence-corrected chi connectivity index (χ0v) is 12.3. The fraction of sp³-hybridized carbons (Fsp3) is 0.538. The van der Waals surface area contributed by atoms with Gasteiger partial charge in [0.2, 0.25) is 10.0 Å². The third kappa shape index (κ3) is 4.66. The molecule has 0 spiro atoms. The first-order valence-corrected chi connectivity index (χ1v) is 7.50. The van der Waals surface area contributed by atoms with Crippen molar-refractivity contribution in [2.24, 2.45) is 5.41 Å². The topological polar surface area (TPSA) is 58.2 Å². The van der Waals surface area contributed by atoms with Crippen molar-refractivity contribution in [2.75, 3.05) is 18.9 Å². The summed E-state index contributed by atoms with van der Waals surface area (Å²) in [5.41, 5.74) is 1.02. The van der Waals surface area contributed by atoms with Crippen molar-refractivity contribution in [3.8, 4) is 0 Å². The Morgan fingerprint density at radius 1 is 1.11 bits per heavy atom. The van der Waals surface area contributed by atoms with E-state index in [9.17, 15) is 8.42 Å². The molecule has 5 heteroatoms. The van der Waals surface area contributed by atoms with Crippen LogP contribution in [0.25, 0.3) is 0 Å². The van der Waals surface area contributed by atoms with Gasteiger partial charge in [0, 0.05) is 19.3 Å². The highest BCUT2D eigenvalue weighted by Gasteiger charge is 2.15. The molecule has 0 saturated heterocycles. The van der Waals surface area contributed by atoms with Gasteiger partial charge in [-0.2, -0.15) is 0 Å². The van der Waals surface area contributed by atoms with Crippen LogP contribution in [-0.2, 0) is 10.0 Å². The van der Waals surface area contributed by atoms with Crippen molar-refractivity contribution in [1.29, 1.82) is 0 Å². The summed E-state index contributed by atoms with van der Waals surface area (Å²) < 4.78 is 26.6. The predicted octanol–water partition coefficient (Wildman–Crippen LogP) is 2.44. The molecule has 0 unspecified atom stereocenters. The summed E-state index contributed by atoms with van der Waals surface area (Å²) in [5, 5.41) is 2.95. The van der Waals surface area contributed by atoms with Crippen LogP contribution in [0.4, 0.5) is 5.69 Å². The summed E-state index contributed by atoms with van der Waals surface area (Å²) in [6, 6.07) is 6.70. The second kappa shape index (κ2) is 5.71. The molecule has 0 aromatic heterocycles. The number of hydrogen-bond donors (Lipinski definition) is 2. The largest absolute Gasteiger partial charge is 0.388 e. The summed E-state index contributed by atoms with van der Waals surface area (Å²) in [6.07, 6.45) is 0.806. The van der Waals surface area contributed by atoms with Gasteiger partial charge in [-0.1, -0.05) is 20.8 Å². The minimum Gasteiger partial charge on any atom is -0.388 e. The summed E-state index contributed by atoms with van der Waals surface area (Å²) in [6.45, 7) is 6.72. The van der Waals surface area contributed by atoms with Crippen molar-refractivity contribution >= 4 is 15.7 Å². The van der Waals surface area contributed by atoms with Gasteiger partial charge in [0.1, 0.15) is 0 Å². The summed E-state index contributed by atoms with van der Waals surface area (Å²) in [4.78, 5) is 0.301. The van der Waals surface area contributed by atoms with E-state index in [1.165, 1.54) is 0 Å². The van der Waals surface area contributed by atoms with E-state index in [-0.39, 0.29) is 5.41 Å². The van der Waals surface area contributed by atoms with Gasteiger partial charge in [-0.25, -0.2) is 13.1 Å². The Hall–Kier alpha value is -1.07. The molecule has 2 N–H and O–H groups in total. The Morgan fingerprint density at radius 2 is 1.67 bits per heavy atom. The van der Waals surface area contributed by atoms with Gasteiger partial charge in [0.05, 0.1) is 4.90 Å². The number of hydrogen-bond acceptors (Lipinski definition) is 3. The Kier molecular flexibility index (Phi) is 4.76. The van der Waals surface area contributed by atoms with Gasteiger partial charge < -0.3 is 5.32 Å². The molecule has 0 aliphatic carbocycles. The van der Waals surface area contributed by atoms with Crippen molar-refractivity contribution in [1.82, 2.24) is 4.72 Å². The van der Waals surface area contributed by atoms with E-state index in [0.717, 1.165) is 12.1 Å². The van der Waals surface area contributed by atoms with Crippen molar-refractivity contribution in [2.45, 2.75) is 32.1 Å². The third-order valence-electron chi connectivity index (χ3n) is 2.62. The minimum atomic E-state index is -3.39. The molecule has 0 aliphatic heterocycles. The van der Waals surface area contributed by atoms with Crippen LogP contribution in [0.2, 0.25) is 0 Å².